The molecule has 3 rings (SSSR count). The Labute approximate surface area is 270 Å². The fourth-order valence-electron chi connectivity index (χ4n) is 5.42. The maximum absolute atomic E-state index is 13.2. The summed E-state index contributed by atoms with van der Waals surface area (Å²) in [6, 6.07) is 7.30. The zero-order chi connectivity index (χ0) is 33.6. The lowest BCUT2D eigenvalue weighted by atomic mass is 9.87. The van der Waals surface area contributed by atoms with Crippen LogP contribution < -0.4 is 0 Å². The smallest absolute Gasteiger partial charge is 0.309 e. The molecule has 4 unspecified atom stereocenters. The van der Waals surface area contributed by atoms with Gasteiger partial charge in [0.1, 0.15) is 13.2 Å². The molecule has 2 aromatic heterocycles. The fourth-order valence-corrected chi connectivity index (χ4v) is 5.42. The summed E-state index contributed by atoms with van der Waals surface area (Å²) in [6.07, 6.45) is 8.93. The third-order valence-corrected chi connectivity index (χ3v) is 8.19. The van der Waals surface area contributed by atoms with E-state index >= 15 is 0 Å². The van der Waals surface area contributed by atoms with Gasteiger partial charge in [-0.1, -0.05) is 38.1 Å². The van der Waals surface area contributed by atoms with Crippen LogP contribution in [-0.2, 0) is 78.3 Å². The Morgan fingerprint density at radius 1 is 0.652 bits per heavy atom. The number of aryl methyl sites for hydroxylation is 2. The van der Waals surface area contributed by atoms with Crippen molar-refractivity contribution in [2.75, 3.05) is 13.2 Å². The number of nitrogens with zero attached hydrogens (tertiary/aromatic N) is 4. The van der Waals surface area contributed by atoms with Gasteiger partial charge in [-0.25, -0.2) is 9.97 Å². The third-order valence-electron chi connectivity index (χ3n) is 8.19. The van der Waals surface area contributed by atoms with E-state index in [0.29, 0.717) is 25.7 Å². The van der Waals surface area contributed by atoms with E-state index in [1.807, 2.05) is 61.3 Å². The normalized spacial score (nSPS) is 13.7. The first-order chi connectivity index (χ1) is 22.0. The van der Waals surface area contributed by atoms with Crippen LogP contribution in [0, 0.1) is 23.7 Å². The maximum atomic E-state index is 13.2. The lowest BCUT2D eigenvalue weighted by Gasteiger charge is -2.25. The molecule has 250 valence electrons. The largest absolute Gasteiger partial charge is 0.466 e. The second-order valence-electron chi connectivity index (χ2n) is 11.6. The molecule has 0 fully saturated rings. The van der Waals surface area contributed by atoms with Gasteiger partial charge in [0.15, 0.2) is 0 Å². The molecule has 0 N–H and O–H groups in total. The molecule has 12 heteroatoms. The van der Waals surface area contributed by atoms with Crippen LogP contribution in [0.2, 0.25) is 0 Å². The summed E-state index contributed by atoms with van der Waals surface area (Å²) in [5.41, 5.74) is 3.42. The highest BCUT2D eigenvalue weighted by atomic mass is 16.5. The van der Waals surface area contributed by atoms with Crippen LogP contribution in [0.3, 0.4) is 0 Å². The first-order valence-corrected chi connectivity index (χ1v) is 15.6. The number of esters is 4. The van der Waals surface area contributed by atoms with Crippen LogP contribution in [0.15, 0.2) is 49.3 Å². The van der Waals surface area contributed by atoms with E-state index < -0.39 is 23.8 Å². The number of hydrogen-bond donors (Lipinski definition) is 0. The van der Waals surface area contributed by atoms with Crippen LogP contribution in [-0.4, -0.2) is 56.2 Å². The van der Waals surface area contributed by atoms with E-state index in [4.69, 9.17) is 18.9 Å². The number of imidazole rings is 2. The Kier molecular flexibility index (Phi) is 14.0. The monoisotopic (exact) mass is 638 g/mol. The topological polar surface area (TPSA) is 141 Å². The molecule has 46 heavy (non-hydrogen) atoms. The van der Waals surface area contributed by atoms with E-state index in [1.165, 1.54) is 13.8 Å². The standard InChI is InChI=1S/C34H46N4O8/c1-7-31(27(19-43-23(3)39)13-29-15-35-21-37(29)5)33(41)45-17-25-9-11-26(12-10-25)18-46-34(42)32(8-2)28(20-44-24(4)40)14-30-16-36-22-38(30)6/h9-12,15-16,21-22,27-28,31-32H,7-8,13-14,17-20H2,1-6H3. The summed E-state index contributed by atoms with van der Waals surface area (Å²) in [5, 5.41) is 0. The molecule has 3 aromatic rings. The number of hydrogen-bond acceptors (Lipinski definition) is 10. The van der Waals surface area contributed by atoms with Gasteiger partial charge in [0, 0.05) is 63.6 Å². The summed E-state index contributed by atoms with van der Waals surface area (Å²) in [5.74, 6) is -3.00. The van der Waals surface area contributed by atoms with E-state index in [9.17, 15) is 19.2 Å². The SMILES string of the molecule is CCC(C(=O)OCc1ccc(COC(=O)C(CC)C(COC(C)=O)Cc2cncn2C)cc1)C(COC(C)=O)Cc1cncn1C. The highest BCUT2D eigenvalue weighted by Gasteiger charge is 2.31. The summed E-state index contributed by atoms with van der Waals surface area (Å²) in [4.78, 5) is 57.7. The third kappa shape index (κ3) is 10.8. The van der Waals surface area contributed by atoms with Gasteiger partial charge in [0.05, 0.1) is 37.7 Å². The van der Waals surface area contributed by atoms with Crippen molar-refractivity contribution in [1.82, 2.24) is 19.1 Å². The number of carbonyl (C=O) groups excluding carboxylic acids is 4. The van der Waals surface area contributed by atoms with Crippen molar-refractivity contribution in [2.45, 2.75) is 66.6 Å². The molecule has 0 radical (unpaired) electrons. The highest BCUT2D eigenvalue weighted by Crippen LogP contribution is 2.25. The van der Waals surface area contributed by atoms with Gasteiger partial charge in [0.25, 0.3) is 0 Å². The predicted molar refractivity (Wildman–Crippen MR) is 168 cm³/mol. The number of ether oxygens (including phenoxy) is 4. The summed E-state index contributed by atoms with van der Waals surface area (Å²) in [6.45, 7) is 6.87. The number of rotatable bonds is 18. The molecule has 0 bridgehead atoms. The van der Waals surface area contributed by atoms with Crippen LogP contribution in [0.4, 0.5) is 0 Å². The molecular formula is C34H46N4O8. The predicted octanol–water partition coefficient (Wildman–Crippen LogP) is 4.14. The Morgan fingerprint density at radius 2 is 1.02 bits per heavy atom. The number of carbonyl (C=O) groups is 4. The van der Waals surface area contributed by atoms with Crippen LogP contribution in [0.5, 0.6) is 0 Å². The minimum absolute atomic E-state index is 0.0745. The van der Waals surface area contributed by atoms with Gasteiger partial charge in [-0.05, 0) is 36.8 Å². The van der Waals surface area contributed by atoms with Crippen molar-refractivity contribution in [3.05, 3.63) is 71.8 Å². The molecule has 0 saturated carbocycles. The Bertz CT molecular complexity index is 1320. The van der Waals surface area contributed by atoms with Crippen molar-refractivity contribution in [3.63, 3.8) is 0 Å². The minimum atomic E-state index is -0.470. The second kappa shape index (κ2) is 17.9. The van der Waals surface area contributed by atoms with Crippen LogP contribution in [0.25, 0.3) is 0 Å². The first-order valence-electron chi connectivity index (χ1n) is 15.6. The quantitative estimate of drug-likeness (QED) is 0.147. The average molecular weight is 639 g/mol. The van der Waals surface area contributed by atoms with E-state index in [-0.39, 0.29) is 50.2 Å². The molecule has 12 nitrogen and oxygen atoms in total. The Morgan fingerprint density at radius 3 is 1.30 bits per heavy atom. The van der Waals surface area contributed by atoms with Crippen molar-refractivity contribution >= 4 is 23.9 Å². The number of benzene rings is 1. The lowest BCUT2D eigenvalue weighted by Crippen LogP contribution is -2.31. The zero-order valence-electron chi connectivity index (χ0n) is 27.6. The Hall–Kier alpha value is -4.48. The molecule has 4 atom stereocenters. The summed E-state index contributed by atoms with van der Waals surface area (Å²) in [7, 11) is 3.76. The first kappa shape index (κ1) is 36.0. The van der Waals surface area contributed by atoms with Gasteiger partial charge in [-0.2, -0.15) is 0 Å². The minimum Gasteiger partial charge on any atom is -0.466 e. The van der Waals surface area contributed by atoms with Gasteiger partial charge >= 0.3 is 23.9 Å². The lowest BCUT2D eigenvalue weighted by molar-refractivity contribution is -0.156. The zero-order valence-corrected chi connectivity index (χ0v) is 27.6. The molecular weight excluding hydrogens is 592 g/mol. The molecule has 0 aliphatic rings. The molecule has 0 amide bonds. The summed E-state index contributed by atoms with van der Waals surface area (Å²) >= 11 is 0. The van der Waals surface area contributed by atoms with Crippen LogP contribution in [0.1, 0.15) is 63.1 Å². The fraction of sp³-hybridized carbons (Fsp3) is 0.529. The second-order valence-corrected chi connectivity index (χ2v) is 11.6. The average Bonchev–Trinajstić information content (AvgIpc) is 3.63. The highest BCUT2D eigenvalue weighted by molar-refractivity contribution is 5.73. The maximum Gasteiger partial charge on any atom is 0.309 e. The molecule has 0 aliphatic carbocycles. The van der Waals surface area contributed by atoms with Crippen molar-refractivity contribution in [1.29, 1.82) is 0 Å². The van der Waals surface area contributed by atoms with E-state index in [0.717, 1.165) is 22.5 Å². The molecule has 0 saturated heterocycles. The Balaban J connectivity index is 1.57. The van der Waals surface area contributed by atoms with Crippen molar-refractivity contribution < 1.29 is 38.1 Å². The van der Waals surface area contributed by atoms with Crippen molar-refractivity contribution in [3.8, 4) is 0 Å². The van der Waals surface area contributed by atoms with E-state index in [1.54, 1.807) is 25.0 Å². The van der Waals surface area contributed by atoms with Gasteiger partial charge in [-0.3, -0.25) is 19.2 Å². The molecule has 1 aromatic carbocycles. The molecule has 0 spiro atoms. The summed E-state index contributed by atoms with van der Waals surface area (Å²) < 4.78 is 25.7. The molecule has 2 heterocycles. The van der Waals surface area contributed by atoms with Gasteiger partial charge < -0.3 is 28.1 Å². The van der Waals surface area contributed by atoms with Gasteiger partial charge in [-0.15, -0.1) is 0 Å². The van der Waals surface area contributed by atoms with E-state index in [2.05, 4.69) is 9.97 Å². The number of aromatic nitrogens is 4. The van der Waals surface area contributed by atoms with Crippen molar-refractivity contribution in [2.24, 2.45) is 37.8 Å². The van der Waals surface area contributed by atoms with Crippen LogP contribution >= 0.6 is 0 Å². The van der Waals surface area contributed by atoms with Gasteiger partial charge in [0.2, 0.25) is 0 Å². The molecule has 0 aliphatic heterocycles.